The Kier molecular flexibility index (Phi) is 12.0. The van der Waals surface area contributed by atoms with Gasteiger partial charge in [0.15, 0.2) is 0 Å². The number of aryl methyl sites for hydroxylation is 2. The monoisotopic (exact) mass is 462 g/mol. The summed E-state index contributed by atoms with van der Waals surface area (Å²) in [6, 6.07) is 12.0. The van der Waals surface area contributed by atoms with Gasteiger partial charge in [-0.15, -0.1) is 0 Å². The lowest BCUT2D eigenvalue weighted by molar-refractivity contribution is 0.133. The van der Waals surface area contributed by atoms with Crippen LogP contribution in [0.5, 0.6) is 0 Å². The van der Waals surface area contributed by atoms with Gasteiger partial charge in [0.1, 0.15) is 0 Å². The van der Waals surface area contributed by atoms with Crippen molar-refractivity contribution in [1.82, 2.24) is 0 Å². The number of aliphatic hydroxyl groups is 2. The highest BCUT2D eigenvalue weighted by molar-refractivity contribution is 7.86. The first-order chi connectivity index (χ1) is 13.6. The first-order valence-electron chi connectivity index (χ1n) is 9.07. The highest BCUT2D eigenvalue weighted by atomic mass is 32.2. The molecule has 4 N–H and O–H groups in total. The van der Waals surface area contributed by atoms with E-state index in [-0.39, 0.29) is 22.0 Å². The van der Waals surface area contributed by atoms with Crippen molar-refractivity contribution < 1.29 is 36.2 Å². The van der Waals surface area contributed by atoms with Crippen molar-refractivity contribution >= 4 is 20.2 Å². The lowest BCUT2D eigenvalue weighted by atomic mass is 10.1. The standard InChI is InChI=1S/2C7H8O3S.C6H14O2/c2*1-6-2-4-7(5-3-6)11(8,9)10;1-5(7)3-4-6(2)8/h2*2-5H,1H3,(H,8,9,10);5-8H,3-4H2,1-2H3. The predicted octanol–water partition coefficient (Wildman–Crippen LogP) is 3.01. The van der Waals surface area contributed by atoms with Crippen molar-refractivity contribution in [3.05, 3.63) is 59.7 Å². The first kappa shape index (κ1) is 28.2. The summed E-state index contributed by atoms with van der Waals surface area (Å²) in [5.74, 6) is 0. The van der Waals surface area contributed by atoms with E-state index < -0.39 is 20.2 Å². The van der Waals surface area contributed by atoms with Crippen LogP contribution in [0.25, 0.3) is 0 Å². The molecule has 0 bridgehead atoms. The number of hydrogen-bond donors (Lipinski definition) is 4. The van der Waals surface area contributed by atoms with E-state index in [1.807, 2.05) is 13.8 Å². The van der Waals surface area contributed by atoms with Crippen LogP contribution in [0.4, 0.5) is 0 Å². The predicted molar refractivity (Wildman–Crippen MR) is 115 cm³/mol. The topological polar surface area (TPSA) is 149 Å². The summed E-state index contributed by atoms with van der Waals surface area (Å²) in [5, 5.41) is 17.4. The van der Waals surface area contributed by atoms with Gasteiger partial charge in [-0.2, -0.15) is 16.8 Å². The Hall–Kier alpha value is -1.82. The van der Waals surface area contributed by atoms with Gasteiger partial charge in [0, 0.05) is 0 Å². The van der Waals surface area contributed by atoms with Crippen LogP contribution in [0.3, 0.4) is 0 Å². The molecular weight excluding hydrogens is 432 g/mol. The molecule has 0 fully saturated rings. The highest BCUT2D eigenvalue weighted by Gasteiger charge is 2.07. The van der Waals surface area contributed by atoms with Crippen LogP contribution in [0, 0.1) is 13.8 Å². The Labute approximate surface area is 178 Å². The Morgan fingerprint density at radius 1 is 0.633 bits per heavy atom. The largest absolute Gasteiger partial charge is 0.393 e. The van der Waals surface area contributed by atoms with Crippen LogP contribution in [0.1, 0.15) is 37.8 Å². The molecule has 2 rings (SSSR count). The molecule has 0 saturated heterocycles. The molecule has 2 aromatic rings. The smallest absolute Gasteiger partial charge is 0.294 e. The molecule has 2 aromatic carbocycles. The zero-order chi connectivity index (χ0) is 23.5. The molecule has 30 heavy (non-hydrogen) atoms. The lowest BCUT2D eigenvalue weighted by Gasteiger charge is -2.04. The van der Waals surface area contributed by atoms with Crippen LogP contribution in [0.2, 0.25) is 0 Å². The molecule has 8 nitrogen and oxygen atoms in total. The van der Waals surface area contributed by atoms with Crippen LogP contribution < -0.4 is 0 Å². The summed E-state index contributed by atoms with van der Waals surface area (Å²) in [4.78, 5) is -0.133. The van der Waals surface area contributed by atoms with Gasteiger partial charge in [0.25, 0.3) is 20.2 Å². The highest BCUT2D eigenvalue weighted by Crippen LogP contribution is 2.09. The van der Waals surface area contributed by atoms with E-state index in [0.717, 1.165) is 11.1 Å². The Bertz CT molecular complexity index is 865. The molecule has 0 aliphatic carbocycles. The summed E-state index contributed by atoms with van der Waals surface area (Å²) in [6.45, 7) is 7.13. The molecule has 0 radical (unpaired) electrons. The average Bonchev–Trinajstić information content (AvgIpc) is 2.60. The zero-order valence-corrected chi connectivity index (χ0v) is 19.1. The number of benzene rings is 2. The van der Waals surface area contributed by atoms with E-state index in [4.69, 9.17) is 19.3 Å². The molecule has 0 aliphatic heterocycles. The molecule has 0 aliphatic rings. The second-order valence-corrected chi connectivity index (χ2v) is 9.69. The SMILES string of the molecule is CC(O)CCC(C)O.Cc1ccc(S(=O)(=O)O)cc1.Cc1ccc(S(=O)(=O)O)cc1. The van der Waals surface area contributed by atoms with Crippen molar-refractivity contribution in [2.24, 2.45) is 0 Å². The van der Waals surface area contributed by atoms with Crippen LogP contribution in [-0.4, -0.2) is 48.4 Å². The van der Waals surface area contributed by atoms with E-state index in [1.54, 1.807) is 38.1 Å². The third kappa shape index (κ3) is 13.4. The second kappa shape index (κ2) is 12.8. The normalized spacial score (nSPS) is 13.2. The molecule has 0 aromatic heterocycles. The molecule has 0 saturated carbocycles. The maximum atomic E-state index is 10.5. The van der Waals surface area contributed by atoms with Gasteiger partial charge < -0.3 is 10.2 Å². The van der Waals surface area contributed by atoms with E-state index >= 15 is 0 Å². The van der Waals surface area contributed by atoms with Crippen LogP contribution >= 0.6 is 0 Å². The third-order valence-corrected chi connectivity index (χ3v) is 5.38. The van der Waals surface area contributed by atoms with Crippen molar-refractivity contribution in [3.8, 4) is 0 Å². The number of rotatable bonds is 5. The maximum Gasteiger partial charge on any atom is 0.294 e. The Balaban J connectivity index is 0.000000428. The van der Waals surface area contributed by atoms with Gasteiger partial charge in [-0.05, 0) is 64.8 Å². The van der Waals surface area contributed by atoms with E-state index in [9.17, 15) is 16.8 Å². The van der Waals surface area contributed by atoms with E-state index in [2.05, 4.69) is 0 Å². The van der Waals surface area contributed by atoms with Gasteiger partial charge in [-0.3, -0.25) is 9.11 Å². The van der Waals surface area contributed by atoms with Gasteiger partial charge in [0.05, 0.1) is 22.0 Å². The van der Waals surface area contributed by atoms with Gasteiger partial charge in [-0.1, -0.05) is 35.4 Å². The lowest BCUT2D eigenvalue weighted by Crippen LogP contribution is -2.06. The molecular formula is C20H30O8S2. The van der Waals surface area contributed by atoms with Crippen molar-refractivity contribution in [2.45, 2.75) is 62.5 Å². The Morgan fingerprint density at radius 3 is 1.03 bits per heavy atom. The van der Waals surface area contributed by atoms with Crippen LogP contribution in [0.15, 0.2) is 58.3 Å². The van der Waals surface area contributed by atoms with Crippen molar-refractivity contribution in [1.29, 1.82) is 0 Å². The summed E-state index contributed by atoms with van der Waals surface area (Å²) in [5.41, 5.74) is 1.91. The third-order valence-electron chi connectivity index (χ3n) is 3.64. The number of aliphatic hydroxyl groups excluding tert-OH is 2. The van der Waals surface area contributed by atoms with Gasteiger partial charge in [-0.25, -0.2) is 0 Å². The minimum atomic E-state index is -4.02. The summed E-state index contributed by atoms with van der Waals surface area (Å²) >= 11 is 0. The fraction of sp³-hybridized carbons (Fsp3) is 0.400. The molecule has 10 heteroatoms. The molecule has 0 heterocycles. The van der Waals surface area contributed by atoms with Gasteiger partial charge >= 0.3 is 0 Å². The van der Waals surface area contributed by atoms with E-state index in [1.165, 1.54) is 24.3 Å². The molecule has 2 atom stereocenters. The average molecular weight is 463 g/mol. The Morgan fingerprint density at radius 2 is 0.867 bits per heavy atom. The van der Waals surface area contributed by atoms with Gasteiger partial charge in [0.2, 0.25) is 0 Å². The second-order valence-electron chi connectivity index (χ2n) is 6.85. The fourth-order valence-corrected chi connectivity index (χ4v) is 2.86. The summed E-state index contributed by atoms with van der Waals surface area (Å²) in [7, 11) is -8.04. The molecule has 2 unspecified atom stereocenters. The first-order valence-corrected chi connectivity index (χ1v) is 12.0. The van der Waals surface area contributed by atoms with Crippen LogP contribution in [-0.2, 0) is 20.2 Å². The molecule has 170 valence electrons. The maximum absolute atomic E-state index is 10.5. The zero-order valence-electron chi connectivity index (χ0n) is 17.4. The fourth-order valence-electron chi connectivity index (χ4n) is 1.90. The minimum absolute atomic E-state index is 0.0666. The molecule has 0 amide bonds. The van der Waals surface area contributed by atoms with E-state index in [0.29, 0.717) is 12.8 Å². The summed E-state index contributed by atoms with van der Waals surface area (Å²) in [6.07, 6.45) is 0.837. The number of hydrogen-bond acceptors (Lipinski definition) is 6. The van der Waals surface area contributed by atoms with Crippen molar-refractivity contribution in [3.63, 3.8) is 0 Å². The quantitative estimate of drug-likeness (QED) is 0.495. The molecule has 0 spiro atoms. The summed E-state index contributed by atoms with van der Waals surface area (Å²) < 4.78 is 59.1. The van der Waals surface area contributed by atoms with Crippen molar-refractivity contribution in [2.75, 3.05) is 0 Å². The minimum Gasteiger partial charge on any atom is -0.393 e.